The lowest BCUT2D eigenvalue weighted by molar-refractivity contribution is 0.556. The molecule has 1 aromatic rings. The van der Waals surface area contributed by atoms with Crippen molar-refractivity contribution in [2.75, 3.05) is 11.6 Å². The van der Waals surface area contributed by atoms with Crippen LogP contribution >= 0.6 is 11.6 Å². The van der Waals surface area contributed by atoms with E-state index in [-0.39, 0.29) is 11.8 Å². The predicted octanol–water partition coefficient (Wildman–Crippen LogP) is 1.56. The van der Waals surface area contributed by atoms with Crippen LogP contribution in [0.25, 0.3) is 0 Å². The zero-order valence-corrected chi connectivity index (χ0v) is 11.3. The molecular weight excluding hydrogens is 260 g/mol. The Labute approximate surface area is 107 Å². The molecule has 1 heterocycles. The standard InChI is InChI=1S/C11H17ClN2O2S/c1-10(5-7-12)14-17(15,16)9-6-11-4-2-3-8-13-11/h2-4,8,10,14H,5-7,9H2,1H3. The van der Waals surface area contributed by atoms with E-state index in [0.29, 0.717) is 18.7 Å². The Kier molecular flexibility index (Phi) is 5.88. The molecule has 6 heteroatoms. The van der Waals surface area contributed by atoms with Crippen molar-refractivity contribution < 1.29 is 8.42 Å². The van der Waals surface area contributed by atoms with E-state index in [2.05, 4.69) is 9.71 Å². The van der Waals surface area contributed by atoms with Gasteiger partial charge in [0, 0.05) is 30.2 Å². The van der Waals surface area contributed by atoms with Crippen molar-refractivity contribution in [3.8, 4) is 0 Å². The average molecular weight is 277 g/mol. The van der Waals surface area contributed by atoms with Crippen LogP contribution < -0.4 is 4.72 Å². The average Bonchev–Trinajstić information content (AvgIpc) is 2.27. The molecule has 0 radical (unpaired) electrons. The lowest BCUT2D eigenvalue weighted by Gasteiger charge is -2.12. The Morgan fingerprint density at radius 3 is 2.82 bits per heavy atom. The molecule has 1 aromatic heterocycles. The van der Waals surface area contributed by atoms with Gasteiger partial charge in [0.25, 0.3) is 0 Å². The van der Waals surface area contributed by atoms with Crippen LogP contribution in [0.1, 0.15) is 19.0 Å². The van der Waals surface area contributed by atoms with Gasteiger partial charge in [-0.05, 0) is 25.5 Å². The van der Waals surface area contributed by atoms with E-state index in [0.717, 1.165) is 5.69 Å². The topological polar surface area (TPSA) is 59.1 Å². The van der Waals surface area contributed by atoms with Crippen LogP contribution in [0.2, 0.25) is 0 Å². The minimum Gasteiger partial charge on any atom is -0.261 e. The highest BCUT2D eigenvalue weighted by Gasteiger charge is 2.14. The molecule has 0 saturated carbocycles. The van der Waals surface area contributed by atoms with Gasteiger partial charge in [0.1, 0.15) is 0 Å². The maximum Gasteiger partial charge on any atom is 0.212 e. The largest absolute Gasteiger partial charge is 0.261 e. The second-order valence-electron chi connectivity index (χ2n) is 3.89. The fraction of sp³-hybridized carbons (Fsp3) is 0.545. The lowest BCUT2D eigenvalue weighted by Crippen LogP contribution is -2.35. The summed E-state index contributed by atoms with van der Waals surface area (Å²) >= 11 is 5.55. The third-order valence-electron chi connectivity index (χ3n) is 2.28. The number of hydrogen-bond donors (Lipinski definition) is 1. The highest BCUT2D eigenvalue weighted by molar-refractivity contribution is 7.89. The lowest BCUT2D eigenvalue weighted by atomic mass is 10.3. The molecule has 0 aliphatic heterocycles. The number of pyridine rings is 1. The second-order valence-corrected chi connectivity index (χ2v) is 6.14. The van der Waals surface area contributed by atoms with Crippen LogP contribution in [-0.2, 0) is 16.4 Å². The number of aromatic nitrogens is 1. The molecule has 0 fully saturated rings. The van der Waals surface area contributed by atoms with Gasteiger partial charge in [0.15, 0.2) is 0 Å². The summed E-state index contributed by atoms with van der Waals surface area (Å²) in [5.41, 5.74) is 0.780. The van der Waals surface area contributed by atoms with Crippen LogP contribution in [0, 0.1) is 0 Å². The van der Waals surface area contributed by atoms with E-state index in [1.165, 1.54) is 0 Å². The Morgan fingerprint density at radius 1 is 1.47 bits per heavy atom. The van der Waals surface area contributed by atoms with Crippen molar-refractivity contribution in [2.24, 2.45) is 0 Å². The third-order valence-corrected chi connectivity index (χ3v) is 4.00. The monoisotopic (exact) mass is 276 g/mol. The van der Waals surface area contributed by atoms with Crippen molar-refractivity contribution in [2.45, 2.75) is 25.8 Å². The summed E-state index contributed by atoms with van der Waals surface area (Å²) in [5, 5.41) is 0. The SMILES string of the molecule is CC(CCCl)NS(=O)(=O)CCc1ccccn1. The number of aryl methyl sites for hydroxylation is 1. The van der Waals surface area contributed by atoms with Crippen LogP contribution in [0.15, 0.2) is 24.4 Å². The molecule has 1 rings (SSSR count). The van der Waals surface area contributed by atoms with E-state index in [4.69, 9.17) is 11.6 Å². The first-order chi connectivity index (χ1) is 8.03. The summed E-state index contributed by atoms with van der Waals surface area (Å²) < 4.78 is 26.0. The van der Waals surface area contributed by atoms with E-state index in [1.54, 1.807) is 19.2 Å². The minimum absolute atomic E-state index is 0.0522. The molecule has 0 aromatic carbocycles. The summed E-state index contributed by atoms with van der Waals surface area (Å²) in [7, 11) is -3.25. The van der Waals surface area contributed by atoms with Gasteiger partial charge >= 0.3 is 0 Å². The Balaban J connectivity index is 2.45. The van der Waals surface area contributed by atoms with E-state index in [9.17, 15) is 8.42 Å². The molecule has 1 unspecified atom stereocenters. The zero-order valence-electron chi connectivity index (χ0n) is 9.77. The molecule has 17 heavy (non-hydrogen) atoms. The van der Waals surface area contributed by atoms with Crippen molar-refractivity contribution in [3.63, 3.8) is 0 Å². The van der Waals surface area contributed by atoms with Crippen LogP contribution in [0.3, 0.4) is 0 Å². The van der Waals surface area contributed by atoms with E-state index >= 15 is 0 Å². The molecule has 0 bridgehead atoms. The molecule has 1 atom stereocenters. The molecule has 96 valence electrons. The maximum atomic E-state index is 11.7. The van der Waals surface area contributed by atoms with Crippen LogP contribution in [-0.4, -0.2) is 31.1 Å². The maximum absolute atomic E-state index is 11.7. The third kappa shape index (κ3) is 6.00. The van der Waals surface area contributed by atoms with Gasteiger partial charge in [-0.1, -0.05) is 6.07 Å². The van der Waals surface area contributed by atoms with Gasteiger partial charge in [-0.25, -0.2) is 13.1 Å². The summed E-state index contributed by atoms with van der Waals surface area (Å²) in [6, 6.07) is 5.34. The van der Waals surface area contributed by atoms with Gasteiger partial charge < -0.3 is 0 Å². The molecule has 0 aliphatic carbocycles. The highest BCUT2D eigenvalue weighted by Crippen LogP contribution is 2.00. The highest BCUT2D eigenvalue weighted by atomic mass is 35.5. The minimum atomic E-state index is -3.25. The van der Waals surface area contributed by atoms with Crippen molar-refractivity contribution in [1.29, 1.82) is 0 Å². The molecule has 1 N–H and O–H groups in total. The Hall–Kier alpha value is -0.650. The zero-order chi connectivity index (χ0) is 12.7. The Bertz CT molecular complexity index is 422. The van der Waals surface area contributed by atoms with Crippen molar-refractivity contribution in [1.82, 2.24) is 9.71 Å². The number of nitrogens with zero attached hydrogens (tertiary/aromatic N) is 1. The van der Waals surface area contributed by atoms with Gasteiger partial charge in [0.05, 0.1) is 5.75 Å². The first-order valence-electron chi connectivity index (χ1n) is 5.49. The van der Waals surface area contributed by atoms with Gasteiger partial charge in [-0.15, -0.1) is 11.6 Å². The molecule has 0 aliphatic rings. The van der Waals surface area contributed by atoms with E-state index in [1.807, 2.05) is 12.1 Å². The number of nitrogens with one attached hydrogen (secondary N) is 1. The summed E-state index contributed by atoms with van der Waals surface area (Å²) in [5.74, 6) is 0.501. The fourth-order valence-corrected chi connectivity index (χ4v) is 3.03. The molecule has 0 amide bonds. The number of hydrogen-bond acceptors (Lipinski definition) is 3. The van der Waals surface area contributed by atoms with Crippen LogP contribution in [0.4, 0.5) is 0 Å². The van der Waals surface area contributed by atoms with Crippen molar-refractivity contribution in [3.05, 3.63) is 30.1 Å². The first kappa shape index (κ1) is 14.4. The molecule has 0 spiro atoms. The fourth-order valence-electron chi connectivity index (χ4n) is 1.37. The van der Waals surface area contributed by atoms with Gasteiger partial charge in [0.2, 0.25) is 10.0 Å². The Morgan fingerprint density at radius 2 is 2.24 bits per heavy atom. The summed E-state index contributed by atoms with van der Waals surface area (Å²) in [4.78, 5) is 4.08. The van der Waals surface area contributed by atoms with E-state index < -0.39 is 10.0 Å². The predicted molar refractivity (Wildman–Crippen MR) is 69.7 cm³/mol. The normalized spacial score (nSPS) is 13.5. The second kappa shape index (κ2) is 6.93. The molecular formula is C11H17ClN2O2S. The summed E-state index contributed by atoms with van der Waals surface area (Å²) in [6.45, 7) is 1.81. The van der Waals surface area contributed by atoms with Crippen LogP contribution in [0.5, 0.6) is 0 Å². The molecule has 4 nitrogen and oxygen atoms in total. The number of halogens is 1. The molecule has 0 saturated heterocycles. The first-order valence-corrected chi connectivity index (χ1v) is 7.68. The number of rotatable bonds is 7. The number of alkyl halides is 1. The van der Waals surface area contributed by atoms with Gasteiger partial charge in [-0.2, -0.15) is 0 Å². The smallest absolute Gasteiger partial charge is 0.212 e. The van der Waals surface area contributed by atoms with Crippen molar-refractivity contribution >= 4 is 21.6 Å². The quantitative estimate of drug-likeness (QED) is 0.769. The summed E-state index contributed by atoms with van der Waals surface area (Å²) in [6.07, 6.45) is 2.71. The van der Waals surface area contributed by atoms with Gasteiger partial charge in [-0.3, -0.25) is 4.98 Å². The number of sulfonamides is 1.